The third-order valence-corrected chi connectivity index (χ3v) is 4.06. The van der Waals surface area contributed by atoms with Crippen molar-refractivity contribution in [2.45, 2.75) is 26.3 Å². The van der Waals surface area contributed by atoms with E-state index >= 15 is 0 Å². The van der Waals surface area contributed by atoms with Crippen LogP contribution in [0.5, 0.6) is 5.75 Å². The normalized spacial score (nSPS) is 16.7. The van der Waals surface area contributed by atoms with Gasteiger partial charge in [-0.1, -0.05) is 35.9 Å². The summed E-state index contributed by atoms with van der Waals surface area (Å²) in [5.74, 6) is 0.901. The Bertz CT molecular complexity index is 693. The summed E-state index contributed by atoms with van der Waals surface area (Å²) in [6, 6.07) is 14.2. The number of hydrogen-bond acceptors (Lipinski definition) is 2. The van der Waals surface area contributed by atoms with E-state index in [9.17, 15) is 4.79 Å². The number of amides is 1. The third-order valence-electron chi connectivity index (χ3n) is 4.06. The van der Waals surface area contributed by atoms with Crippen LogP contribution >= 0.6 is 0 Å². The van der Waals surface area contributed by atoms with Crippen molar-refractivity contribution in [3.8, 4) is 5.75 Å². The molecule has 0 aromatic heterocycles. The lowest BCUT2D eigenvalue weighted by atomic mass is 9.99. The van der Waals surface area contributed by atoms with Gasteiger partial charge >= 0.3 is 0 Å². The fourth-order valence-corrected chi connectivity index (χ4v) is 3.14. The summed E-state index contributed by atoms with van der Waals surface area (Å²) in [6.45, 7) is 3.68. The number of carbonyl (C=O) groups excluding carboxylic acids is 1. The first kappa shape index (κ1) is 13.7. The number of hydrogen-bond donors (Lipinski definition) is 0. The van der Waals surface area contributed by atoms with Crippen molar-refractivity contribution in [1.82, 2.24) is 0 Å². The molecule has 0 unspecified atom stereocenters. The number of nitrogens with zero attached hydrogens (tertiary/aromatic N) is 1. The van der Waals surface area contributed by atoms with Gasteiger partial charge in [0.05, 0.1) is 13.2 Å². The minimum Gasteiger partial charge on any atom is -0.496 e. The summed E-state index contributed by atoms with van der Waals surface area (Å²) in [5, 5.41) is 0. The average molecular weight is 281 g/mol. The van der Waals surface area contributed by atoms with E-state index in [1.165, 1.54) is 11.1 Å². The lowest BCUT2D eigenvalue weighted by molar-refractivity contribution is -0.116. The largest absolute Gasteiger partial charge is 0.496 e. The zero-order chi connectivity index (χ0) is 15.0. The molecule has 0 fully saturated rings. The van der Waals surface area contributed by atoms with E-state index in [1.807, 2.05) is 35.2 Å². The number of fused-ring (bicyclic) bond motifs is 1. The van der Waals surface area contributed by atoms with Gasteiger partial charge in [0.1, 0.15) is 5.75 Å². The Balaban J connectivity index is 2.11. The first-order valence-corrected chi connectivity index (χ1v) is 7.14. The van der Waals surface area contributed by atoms with E-state index in [-0.39, 0.29) is 11.9 Å². The van der Waals surface area contributed by atoms with Gasteiger partial charge in [-0.15, -0.1) is 0 Å². The van der Waals surface area contributed by atoms with Crippen LogP contribution in [0.2, 0.25) is 0 Å². The van der Waals surface area contributed by atoms with Crippen molar-refractivity contribution in [2.24, 2.45) is 0 Å². The molecule has 1 heterocycles. The minimum atomic E-state index is 0.00903. The van der Waals surface area contributed by atoms with E-state index in [1.54, 1.807) is 14.0 Å². The van der Waals surface area contributed by atoms with Crippen molar-refractivity contribution in [1.29, 1.82) is 0 Å². The molecule has 3 rings (SSSR count). The summed E-state index contributed by atoms with van der Waals surface area (Å²) in [7, 11) is 1.67. The molecule has 1 aliphatic heterocycles. The van der Waals surface area contributed by atoms with E-state index < -0.39 is 0 Å². The second kappa shape index (κ2) is 5.24. The molecule has 2 aromatic rings. The summed E-state index contributed by atoms with van der Waals surface area (Å²) in [5.41, 5.74) is 4.47. The molecule has 1 atom stereocenters. The number of benzene rings is 2. The summed E-state index contributed by atoms with van der Waals surface area (Å²) in [4.78, 5) is 14.0. The van der Waals surface area contributed by atoms with Gasteiger partial charge in [0, 0.05) is 18.2 Å². The first-order chi connectivity index (χ1) is 10.1. The van der Waals surface area contributed by atoms with Crippen molar-refractivity contribution in [3.63, 3.8) is 0 Å². The number of carbonyl (C=O) groups is 1. The predicted octanol–water partition coefficient (Wildman–Crippen LogP) is 3.65. The maximum atomic E-state index is 12.2. The van der Waals surface area contributed by atoms with Crippen LogP contribution in [0.1, 0.15) is 29.7 Å². The number of rotatable bonds is 2. The predicted molar refractivity (Wildman–Crippen MR) is 83.8 cm³/mol. The van der Waals surface area contributed by atoms with Crippen LogP contribution in [0.4, 0.5) is 5.69 Å². The molecule has 1 amide bonds. The van der Waals surface area contributed by atoms with E-state index in [0.717, 1.165) is 23.4 Å². The van der Waals surface area contributed by atoms with Crippen LogP contribution in [0.25, 0.3) is 0 Å². The Morgan fingerprint density at radius 1 is 1.24 bits per heavy atom. The molecule has 0 saturated heterocycles. The quantitative estimate of drug-likeness (QED) is 0.841. The van der Waals surface area contributed by atoms with Gasteiger partial charge in [-0.05, 0) is 31.0 Å². The van der Waals surface area contributed by atoms with Crippen LogP contribution in [-0.2, 0) is 11.2 Å². The maximum absolute atomic E-state index is 12.2. The molecule has 0 spiro atoms. The van der Waals surface area contributed by atoms with Crippen LogP contribution in [0.15, 0.2) is 42.5 Å². The van der Waals surface area contributed by atoms with E-state index in [0.29, 0.717) is 0 Å². The van der Waals surface area contributed by atoms with Crippen molar-refractivity contribution in [2.75, 3.05) is 12.0 Å². The Kier molecular flexibility index (Phi) is 3.42. The maximum Gasteiger partial charge on any atom is 0.224 e. The van der Waals surface area contributed by atoms with Crippen LogP contribution in [0, 0.1) is 6.92 Å². The van der Waals surface area contributed by atoms with Gasteiger partial charge in [-0.3, -0.25) is 4.79 Å². The fourth-order valence-electron chi connectivity index (χ4n) is 3.14. The molecule has 3 heteroatoms. The number of anilines is 1. The van der Waals surface area contributed by atoms with Gasteiger partial charge in [0.2, 0.25) is 5.91 Å². The zero-order valence-corrected chi connectivity index (χ0v) is 12.6. The summed E-state index contributed by atoms with van der Waals surface area (Å²) in [6.07, 6.45) is 0.829. The van der Waals surface area contributed by atoms with E-state index in [4.69, 9.17) is 4.74 Å². The van der Waals surface area contributed by atoms with Gasteiger partial charge in [0.15, 0.2) is 0 Å². The number of methoxy groups -OCH3 is 1. The Morgan fingerprint density at radius 2 is 2.00 bits per heavy atom. The molecule has 0 aliphatic carbocycles. The monoisotopic (exact) mass is 281 g/mol. The highest BCUT2D eigenvalue weighted by Gasteiger charge is 2.34. The molecule has 3 nitrogen and oxygen atoms in total. The van der Waals surface area contributed by atoms with Crippen LogP contribution in [0.3, 0.4) is 0 Å². The highest BCUT2D eigenvalue weighted by Crippen LogP contribution is 2.43. The Labute approximate surface area is 125 Å². The molecule has 0 saturated carbocycles. The molecule has 0 bridgehead atoms. The van der Waals surface area contributed by atoms with Crippen molar-refractivity contribution >= 4 is 11.6 Å². The SMILES string of the molecule is COc1ccc(C)cc1[C@H]1Cc2ccccc2N1C(C)=O. The van der Waals surface area contributed by atoms with Gasteiger partial charge in [0.25, 0.3) is 0 Å². The number of para-hydroxylation sites is 1. The fraction of sp³-hybridized carbons (Fsp3) is 0.278. The average Bonchev–Trinajstić information content (AvgIpc) is 2.86. The number of aryl methyl sites for hydroxylation is 1. The molecule has 0 radical (unpaired) electrons. The zero-order valence-electron chi connectivity index (χ0n) is 12.6. The summed E-state index contributed by atoms with van der Waals surface area (Å²) < 4.78 is 5.50. The second-order valence-corrected chi connectivity index (χ2v) is 5.48. The highest BCUT2D eigenvalue weighted by molar-refractivity contribution is 5.95. The first-order valence-electron chi connectivity index (χ1n) is 7.14. The molecular formula is C18H19NO2. The second-order valence-electron chi connectivity index (χ2n) is 5.48. The summed E-state index contributed by atoms with van der Waals surface area (Å²) >= 11 is 0. The minimum absolute atomic E-state index is 0.00903. The molecule has 21 heavy (non-hydrogen) atoms. The van der Waals surface area contributed by atoms with Crippen molar-refractivity contribution in [3.05, 3.63) is 59.2 Å². The van der Waals surface area contributed by atoms with Crippen LogP contribution < -0.4 is 9.64 Å². The lowest BCUT2D eigenvalue weighted by Crippen LogP contribution is -2.30. The molecular weight excluding hydrogens is 262 g/mol. The molecule has 1 aliphatic rings. The number of ether oxygens (including phenoxy) is 1. The van der Waals surface area contributed by atoms with Crippen LogP contribution in [-0.4, -0.2) is 13.0 Å². The Hall–Kier alpha value is -2.29. The standard InChI is InChI=1S/C18H19NO2/c1-12-8-9-18(21-3)15(10-12)17-11-14-6-4-5-7-16(14)19(17)13(2)20/h4-10,17H,11H2,1-3H3/t17-/m1/s1. The van der Waals surface area contributed by atoms with Gasteiger partial charge in [-0.25, -0.2) is 0 Å². The molecule has 2 aromatic carbocycles. The van der Waals surface area contributed by atoms with Gasteiger partial charge < -0.3 is 9.64 Å². The Morgan fingerprint density at radius 3 is 2.71 bits per heavy atom. The van der Waals surface area contributed by atoms with Crippen molar-refractivity contribution < 1.29 is 9.53 Å². The lowest BCUT2D eigenvalue weighted by Gasteiger charge is -2.26. The third kappa shape index (κ3) is 2.29. The van der Waals surface area contributed by atoms with E-state index in [2.05, 4.69) is 19.1 Å². The molecule has 108 valence electrons. The molecule has 0 N–H and O–H groups in total. The highest BCUT2D eigenvalue weighted by atomic mass is 16.5. The van der Waals surface area contributed by atoms with Gasteiger partial charge in [-0.2, -0.15) is 0 Å². The topological polar surface area (TPSA) is 29.5 Å². The smallest absolute Gasteiger partial charge is 0.224 e.